The Hall–Kier alpha value is -5.53. The normalized spacial score (nSPS) is 19.6. The first-order valence-corrected chi connectivity index (χ1v) is 29.0. The van der Waals surface area contributed by atoms with Gasteiger partial charge in [0.15, 0.2) is 0 Å². The number of aromatic nitrogens is 3. The Balaban J connectivity index is 0.740. The van der Waals surface area contributed by atoms with E-state index in [0.717, 1.165) is 83.6 Å². The summed E-state index contributed by atoms with van der Waals surface area (Å²) >= 11 is 7.79. The van der Waals surface area contributed by atoms with Gasteiger partial charge in [-0.15, -0.1) is 11.3 Å². The number of aliphatic hydroxyl groups excluding tert-OH is 2. The number of fused-ring (bicyclic) bond motifs is 1. The fourth-order valence-electron chi connectivity index (χ4n) is 10.9. The van der Waals surface area contributed by atoms with Crippen LogP contribution in [0.2, 0.25) is 5.02 Å². The van der Waals surface area contributed by atoms with E-state index in [9.17, 15) is 34.2 Å². The maximum atomic E-state index is 14.1. The molecular weight excluding hydrogens is 1020 g/mol. The molecule has 7 rings (SSSR count). The van der Waals surface area contributed by atoms with Crippen LogP contribution in [0.5, 0.6) is 0 Å². The molecule has 0 radical (unpaired) electrons. The molecule has 7 atom stereocenters. The summed E-state index contributed by atoms with van der Waals surface area (Å²) in [6, 6.07) is 13.3. The minimum Gasteiger partial charge on any atom is -0.391 e. The van der Waals surface area contributed by atoms with Gasteiger partial charge in [0.25, 0.3) is 0 Å². The fourth-order valence-corrected chi connectivity index (χ4v) is 11.8. The summed E-state index contributed by atoms with van der Waals surface area (Å²) in [7, 11) is 0. The van der Waals surface area contributed by atoms with E-state index >= 15 is 0 Å². The van der Waals surface area contributed by atoms with Gasteiger partial charge in [0, 0.05) is 82.2 Å². The molecule has 0 bridgehead atoms. The molecule has 0 saturated carbocycles. The number of β-amino-alcohol motifs (C(OH)–C–C–N with tert-alkyl or cyclic N) is 1. The van der Waals surface area contributed by atoms with Gasteiger partial charge < -0.3 is 46.2 Å². The minimum absolute atomic E-state index is 0.0103. The van der Waals surface area contributed by atoms with Gasteiger partial charge in [0.1, 0.15) is 24.2 Å². The second-order valence-electron chi connectivity index (χ2n) is 22.3. The average molecular weight is 1100 g/mol. The van der Waals surface area contributed by atoms with Crippen molar-refractivity contribution in [1.29, 1.82) is 0 Å². The van der Waals surface area contributed by atoms with Crippen molar-refractivity contribution in [3.63, 3.8) is 0 Å². The third-order valence-electron chi connectivity index (χ3n) is 15.3. The number of halogens is 1. The number of nitrogens with one attached hydrogen (secondary N) is 4. The summed E-state index contributed by atoms with van der Waals surface area (Å²) in [5.41, 5.74) is 6.72. The van der Waals surface area contributed by atoms with Crippen LogP contribution in [0.3, 0.4) is 0 Å². The van der Waals surface area contributed by atoms with Gasteiger partial charge in [0.2, 0.25) is 29.5 Å². The monoisotopic (exact) mass is 1100 g/mol. The molecule has 0 unspecified atom stereocenters. The Bertz CT molecular complexity index is 2600. The minimum atomic E-state index is -0.871. The number of thiazole rings is 1. The van der Waals surface area contributed by atoms with E-state index < -0.39 is 35.6 Å². The number of unbranched alkanes of at least 4 members (excludes halogenated alkanes) is 7. The number of hydrogen-bond acceptors (Lipinski definition) is 13. The third kappa shape index (κ3) is 16.1. The van der Waals surface area contributed by atoms with Crippen molar-refractivity contribution in [2.45, 2.75) is 161 Å². The van der Waals surface area contributed by atoms with Crippen LogP contribution < -0.4 is 26.2 Å². The first-order chi connectivity index (χ1) is 36.9. The predicted molar refractivity (Wildman–Crippen MR) is 301 cm³/mol. The molecule has 2 aliphatic heterocycles. The van der Waals surface area contributed by atoms with E-state index in [-0.39, 0.29) is 60.9 Å². The maximum Gasteiger partial charge on any atom is 0.246 e. The largest absolute Gasteiger partial charge is 0.391 e. The van der Waals surface area contributed by atoms with Crippen LogP contribution in [0.25, 0.3) is 10.4 Å². The number of benzene rings is 2. The van der Waals surface area contributed by atoms with Crippen LogP contribution in [-0.2, 0) is 24.0 Å². The predicted octanol–water partition coefficient (Wildman–Crippen LogP) is 7.51. The Morgan fingerprint density at radius 1 is 0.779 bits per heavy atom. The number of aryl methyl sites for hydroxylation is 1. The van der Waals surface area contributed by atoms with Gasteiger partial charge in [-0.05, 0) is 73.3 Å². The van der Waals surface area contributed by atoms with Crippen LogP contribution in [0, 0.1) is 12.3 Å². The van der Waals surface area contributed by atoms with Crippen LogP contribution in [0.4, 0.5) is 5.82 Å². The number of amides is 5. The second-order valence-corrected chi connectivity index (χ2v) is 23.6. The highest BCUT2D eigenvalue weighted by Gasteiger charge is 2.45. The van der Waals surface area contributed by atoms with E-state index in [4.69, 9.17) is 11.6 Å². The molecule has 2 aromatic heterocycles. The van der Waals surface area contributed by atoms with Gasteiger partial charge in [-0.2, -0.15) is 0 Å². The Morgan fingerprint density at radius 2 is 1.42 bits per heavy atom. The zero-order chi connectivity index (χ0) is 55.2. The number of hydrogen-bond donors (Lipinski definition) is 6. The SMILES string of the molecule is Cc1ncsc1-c1ccc([C@H](C)NC(=O)[C@@H]2C[C@@H](O)CN2C(=O)[C@@H](NC(=O)CCCCCCCCCCC(=O)NCCNC[C@@H](C(=O)N2CCN(c3ncnc4c3[C@H](C)C[C@H]4O)CC2)c2ccc(Cl)cc2)C(C)(C)C)cc1. The number of likely N-dealkylation sites (tertiary alicyclic amines) is 1. The summed E-state index contributed by atoms with van der Waals surface area (Å²) < 4.78 is 0. The number of carbonyl (C=O) groups excluding carboxylic acids is 5. The smallest absolute Gasteiger partial charge is 0.246 e. The van der Waals surface area contributed by atoms with Crippen molar-refractivity contribution < 1.29 is 34.2 Å². The van der Waals surface area contributed by atoms with E-state index in [1.165, 1.54) is 11.2 Å². The Morgan fingerprint density at radius 3 is 2.05 bits per heavy atom. The lowest BCUT2D eigenvalue weighted by Crippen LogP contribution is -2.57. The number of anilines is 1. The molecule has 6 N–H and O–H groups in total. The fraction of sp³-hybridized carbons (Fsp3) is 0.586. The van der Waals surface area contributed by atoms with Crippen LogP contribution in [0.15, 0.2) is 60.4 Å². The lowest BCUT2D eigenvalue weighted by atomic mass is 9.85. The van der Waals surface area contributed by atoms with Crippen molar-refractivity contribution >= 4 is 58.3 Å². The van der Waals surface area contributed by atoms with Crippen molar-refractivity contribution in [2.24, 2.45) is 5.41 Å². The molecule has 418 valence electrons. The van der Waals surface area contributed by atoms with E-state index in [1.807, 2.05) is 81.4 Å². The van der Waals surface area contributed by atoms with E-state index in [1.54, 1.807) is 23.5 Å². The number of nitrogens with zero attached hydrogens (tertiary/aromatic N) is 6. The lowest BCUT2D eigenvalue weighted by Gasteiger charge is -2.38. The summed E-state index contributed by atoms with van der Waals surface area (Å²) in [6.45, 7) is 15.4. The molecule has 4 heterocycles. The number of carbonyl (C=O) groups is 5. The van der Waals surface area contributed by atoms with Crippen molar-refractivity contribution in [3.05, 3.63) is 93.5 Å². The summed E-state index contributed by atoms with van der Waals surface area (Å²) in [5, 5.41) is 34.2. The summed E-state index contributed by atoms with van der Waals surface area (Å²) in [4.78, 5) is 87.7. The van der Waals surface area contributed by atoms with Gasteiger partial charge in [-0.1, -0.05) is 114 Å². The standard InChI is InChI=1S/C58H81ClN10O7S/c1-37-31-47(71)51-50(37)54(63-35-62-51)67-27-29-68(30-28-67)56(75)45(41-21-23-43(59)24-22-41)33-60-25-26-61-48(72)15-13-11-9-7-8-10-12-14-16-49(73)66-53(58(4,5)6)57(76)69-34-44(70)32-46(69)55(74)65-38(2)40-17-19-42(20-18-40)52-39(3)64-36-77-52/h17-24,35-38,44-47,53,60,70-71H,7-16,25-34H2,1-6H3,(H,61,72)(H,65,74)(H,66,73)/t37-,38+,44-,45-,46+,47-,53-/m1/s1. The highest BCUT2D eigenvalue weighted by Crippen LogP contribution is 2.43. The summed E-state index contributed by atoms with van der Waals surface area (Å²) in [5.74, 6) is -0.283. The molecule has 4 aromatic rings. The average Bonchev–Trinajstić information content (AvgIpc) is 4.15. The molecule has 5 amide bonds. The molecule has 0 spiro atoms. The first kappa shape index (κ1) is 59.1. The molecule has 19 heteroatoms. The van der Waals surface area contributed by atoms with Gasteiger partial charge >= 0.3 is 0 Å². The molecular formula is C58H81ClN10O7S. The van der Waals surface area contributed by atoms with Crippen molar-refractivity contribution in [1.82, 2.24) is 46.0 Å². The van der Waals surface area contributed by atoms with Crippen LogP contribution >= 0.6 is 22.9 Å². The number of rotatable bonds is 25. The van der Waals surface area contributed by atoms with E-state index in [2.05, 4.69) is 48.0 Å². The van der Waals surface area contributed by atoms with Gasteiger partial charge in [-0.25, -0.2) is 15.0 Å². The lowest BCUT2D eigenvalue weighted by molar-refractivity contribution is -0.144. The highest BCUT2D eigenvalue weighted by molar-refractivity contribution is 7.13. The molecule has 2 fully saturated rings. The first-order valence-electron chi connectivity index (χ1n) is 27.8. The molecule has 77 heavy (non-hydrogen) atoms. The molecule has 17 nitrogen and oxygen atoms in total. The molecule has 2 aromatic carbocycles. The number of aliphatic hydroxyl groups is 2. The van der Waals surface area contributed by atoms with Crippen LogP contribution in [0.1, 0.15) is 164 Å². The zero-order valence-corrected chi connectivity index (χ0v) is 47.4. The highest BCUT2D eigenvalue weighted by atomic mass is 35.5. The van der Waals surface area contributed by atoms with Crippen molar-refractivity contribution in [3.8, 4) is 10.4 Å². The maximum absolute atomic E-state index is 14.1. The van der Waals surface area contributed by atoms with Gasteiger partial charge in [-0.3, -0.25) is 24.0 Å². The Labute approximate surface area is 463 Å². The second kappa shape index (κ2) is 27.9. The van der Waals surface area contributed by atoms with Crippen LogP contribution in [-0.4, -0.2) is 135 Å². The Kier molecular flexibility index (Phi) is 21.4. The third-order valence-corrected chi connectivity index (χ3v) is 16.6. The van der Waals surface area contributed by atoms with E-state index in [0.29, 0.717) is 75.8 Å². The summed E-state index contributed by atoms with van der Waals surface area (Å²) in [6.07, 6.45) is 9.02. The quantitative estimate of drug-likeness (QED) is 0.0355. The topological polar surface area (TPSA) is 222 Å². The molecule has 1 aliphatic carbocycles. The molecule has 3 aliphatic rings. The number of piperazine rings is 1. The zero-order valence-electron chi connectivity index (χ0n) is 45.9. The van der Waals surface area contributed by atoms with Crippen molar-refractivity contribution in [2.75, 3.05) is 57.3 Å². The van der Waals surface area contributed by atoms with Gasteiger partial charge in [0.05, 0.1) is 45.9 Å². The molecule has 2 saturated heterocycles.